The molecule has 5 nitrogen and oxygen atoms in total. The highest BCUT2D eigenvalue weighted by atomic mass is 16.5. The van der Waals surface area contributed by atoms with Crippen molar-refractivity contribution in [2.75, 3.05) is 6.61 Å². The zero-order valence-corrected chi connectivity index (χ0v) is 17.3. The van der Waals surface area contributed by atoms with Crippen LogP contribution >= 0.6 is 0 Å². The summed E-state index contributed by atoms with van der Waals surface area (Å²) in [6.45, 7) is 7.37. The van der Waals surface area contributed by atoms with Gasteiger partial charge in [-0.1, -0.05) is 46.5 Å². The van der Waals surface area contributed by atoms with Gasteiger partial charge < -0.3 is 9.47 Å². The summed E-state index contributed by atoms with van der Waals surface area (Å²) in [5, 5.41) is 0. The van der Waals surface area contributed by atoms with E-state index in [1.807, 2.05) is 26.0 Å². The first-order valence-electron chi connectivity index (χ1n) is 10.3. The number of carbonyl (C=O) groups excluding carboxylic acids is 1. The molecule has 0 N–H and O–H groups in total. The fourth-order valence-corrected chi connectivity index (χ4v) is 2.63. The van der Waals surface area contributed by atoms with Gasteiger partial charge in [0.15, 0.2) is 5.82 Å². The number of nitrogens with zero attached hydrogens (tertiary/aromatic N) is 2. The van der Waals surface area contributed by atoms with Gasteiger partial charge in [-0.05, 0) is 37.1 Å². The van der Waals surface area contributed by atoms with E-state index in [1.54, 1.807) is 24.5 Å². The zero-order valence-electron chi connectivity index (χ0n) is 17.3. The van der Waals surface area contributed by atoms with Gasteiger partial charge in [0.25, 0.3) is 0 Å². The minimum atomic E-state index is -0.207. The Morgan fingerprint density at radius 3 is 2.32 bits per heavy atom. The Bertz CT molecular complexity index is 699. The van der Waals surface area contributed by atoms with Gasteiger partial charge >= 0.3 is 5.97 Å². The van der Waals surface area contributed by atoms with E-state index in [9.17, 15) is 4.79 Å². The first-order chi connectivity index (χ1) is 13.6. The van der Waals surface area contributed by atoms with Crippen LogP contribution in [0.25, 0.3) is 11.4 Å². The number of aromatic nitrogens is 2. The SMILES string of the molecule is CCCCCCCOCc1cnc(-c2ccc(OC(=O)C(C)CC)cc2)nc1. The first-order valence-corrected chi connectivity index (χ1v) is 10.3. The van der Waals surface area contributed by atoms with Crippen molar-refractivity contribution in [1.82, 2.24) is 9.97 Å². The summed E-state index contributed by atoms with van der Waals surface area (Å²) in [5.74, 6) is 0.872. The molecule has 0 aliphatic heterocycles. The highest BCUT2D eigenvalue weighted by molar-refractivity contribution is 5.74. The minimum absolute atomic E-state index is 0.103. The number of hydrogen-bond donors (Lipinski definition) is 0. The summed E-state index contributed by atoms with van der Waals surface area (Å²) in [7, 11) is 0. The molecular formula is C23H32N2O3. The third kappa shape index (κ3) is 7.39. The summed E-state index contributed by atoms with van der Waals surface area (Å²) in [4.78, 5) is 20.7. The van der Waals surface area contributed by atoms with E-state index in [1.165, 1.54) is 25.7 Å². The fraction of sp³-hybridized carbons (Fsp3) is 0.522. The normalized spacial score (nSPS) is 12.0. The summed E-state index contributed by atoms with van der Waals surface area (Å²) in [5.41, 5.74) is 1.85. The number of esters is 1. The second-order valence-corrected chi connectivity index (χ2v) is 7.14. The van der Waals surface area contributed by atoms with E-state index >= 15 is 0 Å². The predicted octanol–water partition coefficient (Wildman–Crippen LogP) is 5.58. The van der Waals surface area contributed by atoms with E-state index in [2.05, 4.69) is 16.9 Å². The molecule has 0 saturated carbocycles. The highest BCUT2D eigenvalue weighted by Crippen LogP contribution is 2.20. The zero-order chi connectivity index (χ0) is 20.2. The average Bonchev–Trinajstić information content (AvgIpc) is 2.73. The molecule has 0 spiro atoms. The second kappa shape index (κ2) is 12.2. The Balaban J connectivity index is 1.80. The van der Waals surface area contributed by atoms with Crippen molar-refractivity contribution in [3.8, 4) is 17.1 Å². The summed E-state index contributed by atoms with van der Waals surface area (Å²) in [6, 6.07) is 7.27. The lowest BCUT2D eigenvalue weighted by Crippen LogP contribution is -2.16. The van der Waals surface area contributed by atoms with Crippen molar-refractivity contribution in [1.29, 1.82) is 0 Å². The van der Waals surface area contributed by atoms with Crippen molar-refractivity contribution < 1.29 is 14.3 Å². The highest BCUT2D eigenvalue weighted by Gasteiger charge is 2.13. The van der Waals surface area contributed by atoms with E-state index in [-0.39, 0.29) is 11.9 Å². The van der Waals surface area contributed by atoms with Crippen molar-refractivity contribution in [3.63, 3.8) is 0 Å². The molecule has 1 aromatic heterocycles. The molecule has 0 aliphatic carbocycles. The molecular weight excluding hydrogens is 352 g/mol. The van der Waals surface area contributed by atoms with Gasteiger partial charge in [0.05, 0.1) is 12.5 Å². The van der Waals surface area contributed by atoms with Crippen molar-refractivity contribution in [2.45, 2.75) is 65.9 Å². The van der Waals surface area contributed by atoms with Gasteiger partial charge in [0.2, 0.25) is 0 Å². The molecule has 1 aromatic carbocycles. The molecule has 1 atom stereocenters. The van der Waals surface area contributed by atoms with Crippen LogP contribution in [0.1, 0.15) is 64.9 Å². The maximum atomic E-state index is 11.9. The molecule has 1 unspecified atom stereocenters. The molecule has 5 heteroatoms. The van der Waals surface area contributed by atoms with Crippen LogP contribution in [0.2, 0.25) is 0 Å². The van der Waals surface area contributed by atoms with E-state index < -0.39 is 0 Å². The van der Waals surface area contributed by atoms with E-state index in [0.29, 0.717) is 18.2 Å². The summed E-state index contributed by atoms with van der Waals surface area (Å²) < 4.78 is 11.1. The Hall–Kier alpha value is -2.27. The van der Waals surface area contributed by atoms with Gasteiger partial charge in [-0.2, -0.15) is 0 Å². The van der Waals surface area contributed by atoms with Crippen LogP contribution in [0.5, 0.6) is 5.75 Å². The third-order valence-corrected chi connectivity index (χ3v) is 4.71. The molecule has 1 heterocycles. The smallest absolute Gasteiger partial charge is 0.314 e. The van der Waals surface area contributed by atoms with Gasteiger partial charge in [0.1, 0.15) is 5.75 Å². The number of hydrogen-bond acceptors (Lipinski definition) is 5. The number of carbonyl (C=O) groups is 1. The third-order valence-electron chi connectivity index (χ3n) is 4.71. The molecule has 152 valence electrons. The first kappa shape index (κ1) is 22.0. The second-order valence-electron chi connectivity index (χ2n) is 7.14. The van der Waals surface area contributed by atoms with Crippen LogP contribution in [0.3, 0.4) is 0 Å². The Morgan fingerprint density at radius 1 is 1.00 bits per heavy atom. The number of ether oxygens (including phenoxy) is 2. The van der Waals surface area contributed by atoms with E-state index in [4.69, 9.17) is 9.47 Å². The van der Waals surface area contributed by atoms with Gasteiger partial charge in [0, 0.05) is 30.1 Å². The number of unbranched alkanes of at least 4 members (excludes halogenated alkanes) is 4. The molecule has 0 radical (unpaired) electrons. The Labute approximate surface area is 168 Å². The topological polar surface area (TPSA) is 61.3 Å². The minimum Gasteiger partial charge on any atom is -0.426 e. The number of rotatable bonds is 12. The van der Waals surface area contributed by atoms with Crippen molar-refractivity contribution in [2.24, 2.45) is 5.92 Å². The van der Waals surface area contributed by atoms with Gasteiger partial charge in [-0.15, -0.1) is 0 Å². The predicted molar refractivity (Wildman–Crippen MR) is 111 cm³/mol. The van der Waals surface area contributed by atoms with Gasteiger partial charge in [-0.3, -0.25) is 4.79 Å². The summed E-state index contributed by atoms with van der Waals surface area (Å²) >= 11 is 0. The molecule has 2 rings (SSSR count). The van der Waals surface area contributed by atoms with Crippen LogP contribution in [0, 0.1) is 5.92 Å². The molecule has 0 amide bonds. The van der Waals surface area contributed by atoms with Crippen LogP contribution < -0.4 is 4.74 Å². The lowest BCUT2D eigenvalue weighted by Gasteiger charge is -2.09. The number of benzene rings is 1. The summed E-state index contributed by atoms with van der Waals surface area (Å²) in [6.07, 6.45) is 10.5. The monoisotopic (exact) mass is 384 g/mol. The molecule has 2 aromatic rings. The maximum absolute atomic E-state index is 11.9. The van der Waals surface area contributed by atoms with Crippen molar-refractivity contribution in [3.05, 3.63) is 42.2 Å². The average molecular weight is 385 g/mol. The maximum Gasteiger partial charge on any atom is 0.314 e. The largest absolute Gasteiger partial charge is 0.426 e. The molecule has 0 bridgehead atoms. The van der Waals surface area contributed by atoms with Gasteiger partial charge in [-0.25, -0.2) is 9.97 Å². The lowest BCUT2D eigenvalue weighted by molar-refractivity contribution is -0.138. The van der Waals surface area contributed by atoms with E-state index in [0.717, 1.165) is 30.6 Å². The van der Waals surface area contributed by atoms with Crippen LogP contribution in [0.15, 0.2) is 36.7 Å². The van der Waals surface area contributed by atoms with Crippen molar-refractivity contribution >= 4 is 5.97 Å². The standard InChI is InChI=1S/C23H32N2O3/c1-4-6-7-8-9-14-27-17-19-15-24-22(25-16-19)20-10-12-21(13-11-20)28-23(26)18(3)5-2/h10-13,15-16,18H,4-9,14,17H2,1-3H3. The molecule has 0 saturated heterocycles. The Morgan fingerprint density at radius 2 is 1.68 bits per heavy atom. The molecule has 0 aliphatic rings. The van der Waals surface area contributed by atoms with Crippen LogP contribution in [-0.2, 0) is 16.1 Å². The molecule has 28 heavy (non-hydrogen) atoms. The van der Waals surface area contributed by atoms with Crippen LogP contribution in [0.4, 0.5) is 0 Å². The fourth-order valence-electron chi connectivity index (χ4n) is 2.63. The quantitative estimate of drug-likeness (QED) is 0.271. The Kier molecular flexibility index (Phi) is 9.63. The van der Waals surface area contributed by atoms with Crippen LogP contribution in [-0.4, -0.2) is 22.5 Å². The molecule has 0 fully saturated rings. The lowest BCUT2D eigenvalue weighted by atomic mass is 10.1.